The van der Waals surface area contributed by atoms with E-state index in [0.29, 0.717) is 26.2 Å². The van der Waals surface area contributed by atoms with E-state index < -0.39 is 17.9 Å². The minimum atomic E-state index is -1.15. The van der Waals surface area contributed by atoms with Crippen LogP contribution in [0.15, 0.2) is 42.5 Å². The molecule has 120 valence electrons. The largest absolute Gasteiger partial charge is 0.480 e. The fourth-order valence-corrected chi connectivity index (χ4v) is 2.56. The fourth-order valence-electron chi connectivity index (χ4n) is 1.95. The second-order valence-electron chi connectivity index (χ2n) is 4.81. The van der Waals surface area contributed by atoms with Crippen LogP contribution >= 0.6 is 34.8 Å². The van der Waals surface area contributed by atoms with Crippen LogP contribution in [0.3, 0.4) is 0 Å². The van der Waals surface area contributed by atoms with E-state index in [9.17, 15) is 14.7 Å². The van der Waals surface area contributed by atoms with Crippen LogP contribution in [-0.2, 0) is 11.2 Å². The number of amides is 1. The first-order chi connectivity index (χ1) is 10.9. The summed E-state index contributed by atoms with van der Waals surface area (Å²) in [6.45, 7) is 0. The third kappa shape index (κ3) is 4.86. The van der Waals surface area contributed by atoms with Gasteiger partial charge in [0.1, 0.15) is 6.04 Å². The van der Waals surface area contributed by atoms with Crippen LogP contribution in [0.1, 0.15) is 15.9 Å². The fraction of sp³-hybridized carbons (Fsp3) is 0.125. The van der Waals surface area contributed by atoms with Crippen LogP contribution in [0.4, 0.5) is 0 Å². The van der Waals surface area contributed by atoms with Gasteiger partial charge in [-0.25, -0.2) is 4.79 Å². The molecule has 0 fully saturated rings. The van der Waals surface area contributed by atoms with E-state index >= 15 is 0 Å². The second kappa shape index (κ2) is 7.68. The zero-order valence-electron chi connectivity index (χ0n) is 11.7. The van der Waals surface area contributed by atoms with Gasteiger partial charge < -0.3 is 10.4 Å². The van der Waals surface area contributed by atoms with E-state index in [1.165, 1.54) is 18.2 Å². The van der Waals surface area contributed by atoms with Crippen molar-refractivity contribution in [2.24, 2.45) is 0 Å². The number of carbonyl (C=O) groups excluding carboxylic acids is 1. The number of aliphatic carboxylic acids is 1. The SMILES string of the molecule is O=C(N[C@@H](Cc1ccc(Cl)cc1Cl)C(=O)O)c1ccc(Cl)cc1. The normalized spacial score (nSPS) is 11.8. The third-order valence-electron chi connectivity index (χ3n) is 3.15. The molecule has 2 aromatic carbocycles. The Morgan fingerprint density at radius 3 is 2.17 bits per heavy atom. The van der Waals surface area contributed by atoms with Gasteiger partial charge in [0, 0.05) is 27.1 Å². The molecule has 7 heteroatoms. The standard InChI is InChI=1S/C16H12Cl3NO3/c17-11-4-1-9(2-5-11)15(21)20-14(16(22)23)7-10-3-6-12(18)8-13(10)19/h1-6,8,14H,7H2,(H,20,21)(H,22,23)/t14-/m0/s1. The lowest BCUT2D eigenvalue weighted by Gasteiger charge is -2.15. The van der Waals surface area contributed by atoms with Crippen molar-refractivity contribution in [3.63, 3.8) is 0 Å². The molecule has 0 aliphatic rings. The molecule has 0 aliphatic carbocycles. The van der Waals surface area contributed by atoms with Gasteiger partial charge in [-0.05, 0) is 42.0 Å². The maximum atomic E-state index is 12.1. The van der Waals surface area contributed by atoms with Crippen molar-refractivity contribution in [2.45, 2.75) is 12.5 Å². The van der Waals surface area contributed by atoms with Crippen molar-refractivity contribution >= 4 is 46.7 Å². The Labute approximate surface area is 148 Å². The van der Waals surface area contributed by atoms with E-state index in [4.69, 9.17) is 34.8 Å². The first-order valence-corrected chi connectivity index (χ1v) is 7.73. The van der Waals surface area contributed by atoms with Gasteiger partial charge in [0.2, 0.25) is 0 Å². The van der Waals surface area contributed by atoms with Crippen LogP contribution in [0.2, 0.25) is 15.1 Å². The summed E-state index contributed by atoms with van der Waals surface area (Å²) in [6.07, 6.45) is 0.0463. The van der Waals surface area contributed by atoms with E-state index in [1.807, 2.05) is 0 Å². The third-order valence-corrected chi connectivity index (χ3v) is 3.99. The molecule has 0 aromatic heterocycles. The molecule has 0 saturated carbocycles. The molecule has 0 radical (unpaired) electrons. The molecule has 0 saturated heterocycles. The highest BCUT2D eigenvalue weighted by atomic mass is 35.5. The average molecular weight is 373 g/mol. The van der Waals surface area contributed by atoms with E-state index in [2.05, 4.69) is 5.32 Å². The Hall–Kier alpha value is -1.75. The van der Waals surface area contributed by atoms with Crippen molar-refractivity contribution < 1.29 is 14.7 Å². The molecule has 1 amide bonds. The topological polar surface area (TPSA) is 66.4 Å². The maximum Gasteiger partial charge on any atom is 0.326 e. The van der Waals surface area contributed by atoms with Crippen LogP contribution in [0.5, 0.6) is 0 Å². The van der Waals surface area contributed by atoms with Crippen molar-refractivity contribution in [1.82, 2.24) is 5.32 Å². The molecule has 2 N–H and O–H groups in total. The van der Waals surface area contributed by atoms with Crippen molar-refractivity contribution in [3.05, 3.63) is 68.7 Å². The highest BCUT2D eigenvalue weighted by molar-refractivity contribution is 6.35. The van der Waals surface area contributed by atoms with Gasteiger partial charge in [-0.3, -0.25) is 4.79 Å². The molecule has 0 bridgehead atoms. The number of halogens is 3. The predicted octanol–water partition coefficient (Wildman–Crippen LogP) is 4.07. The molecule has 1 atom stereocenters. The minimum Gasteiger partial charge on any atom is -0.480 e. The molecule has 0 aliphatic heterocycles. The molecule has 0 unspecified atom stereocenters. The van der Waals surface area contributed by atoms with Gasteiger partial charge in [0.15, 0.2) is 0 Å². The number of carboxylic acid groups (broad SMARTS) is 1. The van der Waals surface area contributed by atoms with Crippen molar-refractivity contribution in [1.29, 1.82) is 0 Å². The summed E-state index contributed by atoms with van der Waals surface area (Å²) in [4.78, 5) is 23.5. The lowest BCUT2D eigenvalue weighted by Crippen LogP contribution is -2.42. The summed E-state index contributed by atoms with van der Waals surface area (Å²) in [5.41, 5.74) is 0.905. The Morgan fingerprint density at radius 2 is 1.61 bits per heavy atom. The van der Waals surface area contributed by atoms with Gasteiger partial charge in [-0.2, -0.15) is 0 Å². The summed E-state index contributed by atoms with van der Waals surface area (Å²) in [7, 11) is 0. The van der Waals surface area contributed by atoms with Gasteiger partial charge in [-0.1, -0.05) is 40.9 Å². The Kier molecular flexibility index (Phi) is 5.88. The van der Waals surface area contributed by atoms with E-state index in [-0.39, 0.29) is 6.42 Å². The molecule has 23 heavy (non-hydrogen) atoms. The van der Waals surface area contributed by atoms with Gasteiger partial charge >= 0.3 is 5.97 Å². The highest BCUT2D eigenvalue weighted by Gasteiger charge is 2.22. The average Bonchev–Trinajstić information content (AvgIpc) is 2.49. The first kappa shape index (κ1) is 17.6. The monoisotopic (exact) mass is 371 g/mol. The van der Waals surface area contributed by atoms with Crippen molar-refractivity contribution in [2.75, 3.05) is 0 Å². The summed E-state index contributed by atoms with van der Waals surface area (Å²) < 4.78 is 0. The van der Waals surface area contributed by atoms with E-state index in [1.54, 1.807) is 24.3 Å². The van der Waals surface area contributed by atoms with Crippen LogP contribution in [-0.4, -0.2) is 23.0 Å². The number of rotatable bonds is 5. The summed E-state index contributed by atoms with van der Waals surface area (Å²) in [5, 5.41) is 13.1. The molecule has 2 aromatic rings. The first-order valence-electron chi connectivity index (χ1n) is 6.60. The summed E-state index contributed by atoms with van der Waals surface area (Å²) in [6, 6.07) is 9.81. The molecule has 0 spiro atoms. The molecular formula is C16H12Cl3NO3. The predicted molar refractivity (Wildman–Crippen MR) is 90.5 cm³/mol. The van der Waals surface area contributed by atoms with Crippen LogP contribution < -0.4 is 5.32 Å². The quantitative estimate of drug-likeness (QED) is 0.831. The summed E-state index contributed by atoms with van der Waals surface area (Å²) >= 11 is 17.6. The Morgan fingerprint density at radius 1 is 1.00 bits per heavy atom. The highest BCUT2D eigenvalue weighted by Crippen LogP contribution is 2.22. The maximum absolute atomic E-state index is 12.1. The number of nitrogens with one attached hydrogen (secondary N) is 1. The van der Waals surface area contributed by atoms with Crippen LogP contribution in [0.25, 0.3) is 0 Å². The molecule has 2 rings (SSSR count). The second-order valence-corrected chi connectivity index (χ2v) is 6.09. The molecular weight excluding hydrogens is 361 g/mol. The van der Waals surface area contributed by atoms with Crippen LogP contribution in [0, 0.1) is 0 Å². The number of hydrogen-bond donors (Lipinski definition) is 2. The summed E-state index contributed by atoms with van der Waals surface area (Å²) in [5.74, 6) is -1.66. The smallest absolute Gasteiger partial charge is 0.326 e. The zero-order valence-corrected chi connectivity index (χ0v) is 14.0. The number of carboxylic acids is 1. The molecule has 4 nitrogen and oxygen atoms in total. The Bertz CT molecular complexity index is 732. The zero-order chi connectivity index (χ0) is 17.0. The lowest BCUT2D eigenvalue weighted by atomic mass is 10.1. The number of benzene rings is 2. The van der Waals surface area contributed by atoms with Gasteiger partial charge in [-0.15, -0.1) is 0 Å². The molecule has 0 heterocycles. The van der Waals surface area contributed by atoms with Gasteiger partial charge in [0.25, 0.3) is 5.91 Å². The Balaban J connectivity index is 2.14. The number of hydrogen-bond acceptors (Lipinski definition) is 2. The van der Waals surface area contributed by atoms with E-state index in [0.717, 1.165) is 0 Å². The minimum absolute atomic E-state index is 0.0463. The lowest BCUT2D eigenvalue weighted by molar-refractivity contribution is -0.139. The van der Waals surface area contributed by atoms with Crippen molar-refractivity contribution in [3.8, 4) is 0 Å². The van der Waals surface area contributed by atoms with Gasteiger partial charge in [0.05, 0.1) is 0 Å². The number of carbonyl (C=O) groups is 2.